The Balaban J connectivity index is 1.85. The Morgan fingerprint density at radius 3 is 2.42 bits per heavy atom. The van der Waals surface area contributed by atoms with E-state index in [1.54, 1.807) is 6.07 Å². The first-order valence-corrected chi connectivity index (χ1v) is 8.38. The van der Waals surface area contributed by atoms with Crippen LogP contribution in [0.2, 0.25) is 5.02 Å². The lowest BCUT2D eigenvalue weighted by Gasteiger charge is -2.28. The lowest BCUT2D eigenvalue weighted by Crippen LogP contribution is -2.41. The van der Waals surface area contributed by atoms with E-state index in [4.69, 9.17) is 11.6 Å². The second kappa shape index (κ2) is 6.66. The van der Waals surface area contributed by atoms with Gasteiger partial charge in [-0.2, -0.15) is 0 Å². The number of benzene rings is 3. The SMILES string of the molecule is CC(C)(NC(=O)Cc1ccccc1Cl)c1cccc2ccccc12. The third-order valence-electron chi connectivity index (χ3n) is 4.22. The Kier molecular flexibility index (Phi) is 4.59. The van der Waals surface area contributed by atoms with Gasteiger partial charge in [-0.25, -0.2) is 0 Å². The third kappa shape index (κ3) is 3.44. The molecule has 0 heterocycles. The van der Waals surface area contributed by atoms with Crippen LogP contribution in [-0.2, 0) is 16.8 Å². The predicted molar refractivity (Wildman–Crippen MR) is 100 cm³/mol. The zero-order valence-corrected chi connectivity index (χ0v) is 14.6. The molecule has 0 aliphatic rings. The molecule has 3 rings (SSSR count). The molecule has 0 saturated heterocycles. The van der Waals surface area contributed by atoms with Crippen molar-refractivity contribution in [1.82, 2.24) is 5.32 Å². The minimum absolute atomic E-state index is 0.0407. The van der Waals surface area contributed by atoms with Crippen LogP contribution in [0.4, 0.5) is 0 Å². The van der Waals surface area contributed by atoms with E-state index in [0.29, 0.717) is 5.02 Å². The molecule has 122 valence electrons. The number of carbonyl (C=O) groups is 1. The summed E-state index contributed by atoms with van der Waals surface area (Å²) in [7, 11) is 0. The third-order valence-corrected chi connectivity index (χ3v) is 4.59. The summed E-state index contributed by atoms with van der Waals surface area (Å²) in [5, 5.41) is 6.09. The highest BCUT2D eigenvalue weighted by molar-refractivity contribution is 6.31. The maximum atomic E-state index is 12.5. The standard InChI is InChI=1S/C21H20ClNO/c1-21(2,18-12-7-10-15-8-3-5-11-17(15)18)23-20(24)14-16-9-4-6-13-19(16)22/h3-13H,14H2,1-2H3,(H,23,24). The van der Waals surface area contributed by atoms with Crippen LogP contribution in [0.3, 0.4) is 0 Å². The highest BCUT2D eigenvalue weighted by Crippen LogP contribution is 2.28. The van der Waals surface area contributed by atoms with Gasteiger partial charge in [-0.15, -0.1) is 0 Å². The molecule has 0 radical (unpaired) electrons. The summed E-state index contributed by atoms with van der Waals surface area (Å²) in [6.45, 7) is 4.05. The van der Waals surface area contributed by atoms with E-state index in [0.717, 1.165) is 16.5 Å². The average molecular weight is 338 g/mol. The van der Waals surface area contributed by atoms with Gasteiger partial charge >= 0.3 is 0 Å². The van der Waals surface area contributed by atoms with Crippen molar-refractivity contribution in [2.75, 3.05) is 0 Å². The van der Waals surface area contributed by atoms with Crippen molar-refractivity contribution in [2.45, 2.75) is 25.8 Å². The normalized spacial score (nSPS) is 11.5. The molecule has 0 aliphatic carbocycles. The van der Waals surface area contributed by atoms with Crippen molar-refractivity contribution in [3.63, 3.8) is 0 Å². The molecule has 3 aromatic rings. The molecule has 0 unspecified atom stereocenters. The van der Waals surface area contributed by atoms with Gasteiger partial charge in [0.1, 0.15) is 0 Å². The molecule has 0 atom stereocenters. The highest BCUT2D eigenvalue weighted by atomic mass is 35.5. The first kappa shape index (κ1) is 16.5. The molecule has 2 nitrogen and oxygen atoms in total. The number of hydrogen-bond acceptors (Lipinski definition) is 1. The van der Waals surface area contributed by atoms with Gasteiger partial charge in [0.05, 0.1) is 12.0 Å². The second-order valence-corrected chi connectivity index (χ2v) is 6.88. The van der Waals surface area contributed by atoms with Crippen LogP contribution in [0, 0.1) is 0 Å². The minimum Gasteiger partial charge on any atom is -0.347 e. The maximum absolute atomic E-state index is 12.5. The predicted octanol–water partition coefficient (Wildman–Crippen LogP) is 5.09. The van der Waals surface area contributed by atoms with Crippen LogP contribution in [0.1, 0.15) is 25.0 Å². The fourth-order valence-corrected chi connectivity index (χ4v) is 3.25. The van der Waals surface area contributed by atoms with Crippen LogP contribution >= 0.6 is 11.6 Å². The Hall–Kier alpha value is -2.32. The zero-order valence-electron chi connectivity index (χ0n) is 13.8. The number of amides is 1. The average Bonchev–Trinajstić information content (AvgIpc) is 2.56. The Morgan fingerprint density at radius 2 is 1.62 bits per heavy atom. The van der Waals surface area contributed by atoms with Crippen LogP contribution in [0.15, 0.2) is 66.7 Å². The Labute approximate surface area is 147 Å². The number of halogens is 1. The molecular formula is C21H20ClNO. The van der Waals surface area contributed by atoms with Gasteiger partial charge in [0, 0.05) is 5.02 Å². The summed E-state index contributed by atoms with van der Waals surface area (Å²) in [6, 6.07) is 21.8. The summed E-state index contributed by atoms with van der Waals surface area (Å²) in [5.41, 5.74) is 1.47. The van der Waals surface area contributed by atoms with Crippen molar-refractivity contribution in [1.29, 1.82) is 0 Å². The topological polar surface area (TPSA) is 29.1 Å². The molecule has 0 aliphatic heterocycles. The Bertz CT molecular complexity index is 880. The van der Waals surface area contributed by atoms with E-state index in [1.807, 2.05) is 50.2 Å². The van der Waals surface area contributed by atoms with E-state index in [-0.39, 0.29) is 12.3 Å². The summed E-state index contributed by atoms with van der Waals surface area (Å²) in [5.74, 6) is -0.0407. The second-order valence-electron chi connectivity index (χ2n) is 6.47. The van der Waals surface area contributed by atoms with Gasteiger partial charge in [0.2, 0.25) is 5.91 Å². The molecule has 1 N–H and O–H groups in total. The molecule has 0 aromatic heterocycles. The highest BCUT2D eigenvalue weighted by Gasteiger charge is 2.24. The van der Waals surface area contributed by atoms with E-state index in [2.05, 4.69) is 29.6 Å². The molecule has 3 aromatic carbocycles. The molecular weight excluding hydrogens is 318 g/mol. The number of rotatable bonds is 4. The quantitative estimate of drug-likeness (QED) is 0.706. The van der Waals surface area contributed by atoms with Crippen molar-refractivity contribution < 1.29 is 4.79 Å². The van der Waals surface area contributed by atoms with Crippen LogP contribution in [0.25, 0.3) is 10.8 Å². The molecule has 0 spiro atoms. The van der Waals surface area contributed by atoms with Gasteiger partial charge in [-0.1, -0.05) is 72.3 Å². The lowest BCUT2D eigenvalue weighted by molar-refractivity contribution is -0.122. The minimum atomic E-state index is -0.473. The first-order valence-electron chi connectivity index (χ1n) is 8.00. The van der Waals surface area contributed by atoms with Gasteiger partial charge < -0.3 is 5.32 Å². The zero-order chi connectivity index (χ0) is 17.2. The lowest BCUT2D eigenvalue weighted by atomic mass is 9.89. The smallest absolute Gasteiger partial charge is 0.225 e. The van der Waals surface area contributed by atoms with E-state index >= 15 is 0 Å². The van der Waals surface area contributed by atoms with Crippen LogP contribution in [0.5, 0.6) is 0 Å². The van der Waals surface area contributed by atoms with Crippen molar-refractivity contribution in [2.24, 2.45) is 0 Å². The van der Waals surface area contributed by atoms with Crippen molar-refractivity contribution in [3.8, 4) is 0 Å². The van der Waals surface area contributed by atoms with Crippen molar-refractivity contribution >= 4 is 28.3 Å². The largest absolute Gasteiger partial charge is 0.347 e. The summed E-state index contributed by atoms with van der Waals surface area (Å²) in [4.78, 5) is 12.5. The van der Waals surface area contributed by atoms with E-state index in [1.165, 1.54) is 5.39 Å². The molecule has 3 heteroatoms. The summed E-state index contributed by atoms with van der Waals surface area (Å²) >= 11 is 6.15. The fourth-order valence-electron chi connectivity index (χ4n) is 3.05. The van der Waals surface area contributed by atoms with Gasteiger partial charge in [-0.3, -0.25) is 4.79 Å². The molecule has 1 amide bonds. The van der Waals surface area contributed by atoms with E-state index in [9.17, 15) is 4.79 Å². The molecule has 0 fully saturated rings. The van der Waals surface area contributed by atoms with Crippen LogP contribution < -0.4 is 5.32 Å². The van der Waals surface area contributed by atoms with E-state index < -0.39 is 5.54 Å². The number of hydrogen-bond donors (Lipinski definition) is 1. The molecule has 24 heavy (non-hydrogen) atoms. The summed E-state index contributed by atoms with van der Waals surface area (Å²) < 4.78 is 0. The summed E-state index contributed by atoms with van der Waals surface area (Å²) in [6.07, 6.45) is 0.272. The number of fused-ring (bicyclic) bond motifs is 1. The fraction of sp³-hybridized carbons (Fsp3) is 0.190. The van der Waals surface area contributed by atoms with Crippen molar-refractivity contribution in [3.05, 3.63) is 82.9 Å². The van der Waals surface area contributed by atoms with Crippen LogP contribution in [-0.4, -0.2) is 5.91 Å². The monoisotopic (exact) mass is 337 g/mol. The Morgan fingerprint density at radius 1 is 0.958 bits per heavy atom. The molecule has 0 bridgehead atoms. The van der Waals surface area contributed by atoms with Gasteiger partial charge in [0.25, 0.3) is 0 Å². The molecule has 0 saturated carbocycles. The van der Waals surface area contributed by atoms with Gasteiger partial charge in [-0.05, 0) is 41.8 Å². The first-order chi connectivity index (χ1) is 11.5. The number of carbonyl (C=O) groups excluding carboxylic acids is 1. The van der Waals surface area contributed by atoms with Gasteiger partial charge in [0.15, 0.2) is 0 Å². The number of nitrogens with one attached hydrogen (secondary N) is 1. The maximum Gasteiger partial charge on any atom is 0.225 e.